The molecule has 0 unspecified atom stereocenters. The highest BCUT2D eigenvalue weighted by Crippen LogP contribution is 2.20. The van der Waals surface area contributed by atoms with Crippen LogP contribution in [0.5, 0.6) is 0 Å². The molecule has 1 N–H and O–H groups in total. The average molecular weight is 223 g/mol. The normalized spacial score (nSPS) is 10.5. The number of aromatic nitrogens is 1. The first-order valence-electron chi connectivity index (χ1n) is 3.80. The van der Waals surface area contributed by atoms with Gasteiger partial charge in [0, 0.05) is 0 Å². The Balaban J connectivity index is 2.88. The lowest BCUT2D eigenvalue weighted by Gasteiger charge is -2.03. The Hall–Kier alpha value is -0.380. The third kappa shape index (κ3) is 2.79. The van der Waals surface area contributed by atoms with Crippen LogP contribution in [0.3, 0.4) is 0 Å². The van der Waals surface area contributed by atoms with E-state index in [4.69, 9.17) is 23.2 Å². The van der Waals surface area contributed by atoms with Crippen LogP contribution in [0.2, 0.25) is 10.3 Å². The van der Waals surface area contributed by atoms with E-state index >= 15 is 0 Å². The SMILES string of the molecule is CNCCc1cc(F)c(Cl)nc1Cl. The van der Waals surface area contributed by atoms with Crippen molar-refractivity contribution >= 4 is 23.2 Å². The van der Waals surface area contributed by atoms with Gasteiger partial charge in [-0.15, -0.1) is 0 Å². The van der Waals surface area contributed by atoms with Crippen molar-refractivity contribution in [2.24, 2.45) is 0 Å². The molecule has 1 aromatic heterocycles. The van der Waals surface area contributed by atoms with E-state index in [9.17, 15) is 4.39 Å². The molecule has 0 amide bonds. The minimum Gasteiger partial charge on any atom is -0.319 e. The van der Waals surface area contributed by atoms with E-state index in [1.165, 1.54) is 6.07 Å². The van der Waals surface area contributed by atoms with Gasteiger partial charge in [-0.1, -0.05) is 23.2 Å². The highest BCUT2D eigenvalue weighted by molar-refractivity contribution is 6.32. The Bertz CT molecular complexity index is 304. The predicted molar refractivity (Wildman–Crippen MR) is 51.8 cm³/mol. The molecule has 0 fully saturated rings. The predicted octanol–water partition coefficient (Wildman–Crippen LogP) is 2.29. The van der Waals surface area contributed by atoms with Gasteiger partial charge in [-0.2, -0.15) is 0 Å². The Kier molecular flexibility index (Phi) is 3.90. The molecule has 1 aromatic rings. The number of hydrogen-bond acceptors (Lipinski definition) is 2. The first kappa shape index (κ1) is 10.7. The van der Waals surface area contributed by atoms with Crippen molar-refractivity contribution in [2.75, 3.05) is 13.6 Å². The van der Waals surface area contributed by atoms with Crippen LogP contribution in [-0.2, 0) is 6.42 Å². The first-order valence-corrected chi connectivity index (χ1v) is 4.55. The molecule has 0 saturated heterocycles. The Morgan fingerprint density at radius 2 is 2.15 bits per heavy atom. The number of likely N-dealkylation sites (N-methyl/N-ethyl adjacent to an activating group) is 1. The van der Waals surface area contributed by atoms with Crippen molar-refractivity contribution < 1.29 is 4.39 Å². The smallest absolute Gasteiger partial charge is 0.166 e. The van der Waals surface area contributed by atoms with Gasteiger partial charge in [-0.25, -0.2) is 9.37 Å². The second kappa shape index (κ2) is 4.74. The summed E-state index contributed by atoms with van der Waals surface area (Å²) in [7, 11) is 1.81. The topological polar surface area (TPSA) is 24.9 Å². The second-order valence-corrected chi connectivity index (χ2v) is 3.28. The highest BCUT2D eigenvalue weighted by atomic mass is 35.5. The molecule has 0 aliphatic carbocycles. The quantitative estimate of drug-likeness (QED) is 0.795. The van der Waals surface area contributed by atoms with Crippen LogP contribution in [-0.4, -0.2) is 18.6 Å². The lowest BCUT2D eigenvalue weighted by Crippen LogP contribution is -2.11. The van der Waals surface area contributed by atoms with Gasteiger partial charge in [0.25, 0.3) is 0 Å². The van der Waals surface area contributed by atoms with Gasteiger partial charge < -0.3 is 5.32 Å². The van der Waals surface area contributed by atoms with Gasteiger partial charge in [-0.3, -0.25) is 0 Å². The van der Waals surface area contributed by atoms with Crippen LogP contribution < -0.4 is 5.32 Å². The third-order valence-electron chi connectivity index (χ3n) is 1.60. The van der Waals surface area contributed by atoms with Crippen molar-refractivity contribution in [1.82, 2.24) is 10.3 Å². The van der Waals surface area contributed by atoms with Crippen LogP contribution >= 0.6 is 23.2 Å². The molecule has 72 valence electrons. The molecule has 5 heteroatoms. The fraction of sp³-hybridized carbons (Fsp3) is 0.375. The van der Waals surface area contributed by atoms with Crippen molar-refractivity contribution in [3.63, 3.8) is 0 Å². The van der Waals surface area contributed by atoms with Gasteiger partial charge in [-0.05, 0) is 31.6 Å². The fourth-order valence-corrected chi connectivity index (χ4v) is 1.33. The number of hydrogen-bond donors (Lipinski definition) is 1. The average Bonchev–Trinajstić information content (AvgIpc) is 2.09. The van der Waals surface area contributed by atoms with Crippen LogP contribution in [0.1, 0.15) is 5.56 Å². The Labute approximate surface area is 86.1 Å². The molecular formula is C8H9Cl2FN2. The molecular weight excluding hydrogens is 214 g/mol. The molecule has 0 radical (unpaired) electrons. The van der Waals surface area contributed by atoms with Crippen LogP contribution in [0.15, 0.2) is 6.07 Å². The lowest BCUT2D eigenvalue weighted by molar-refractivity contribution is 0.618. The highest BCUT2D eigenvalue weighted by Gasteiger charge is 2.07. The summed E-state index contributed by atoms with van der Waals surface area (Å²) in [4.78, 5) is 3.65. The number of nitrogens with one attached hydrogen (secondary N) is 1. The van der Waals surface area contributed by atoms with Crippen molar-refractivity contribution in [2.45, 2.75) is 6.42 Å². The van der Waals surface area contributed by atoms with Gasteiger partial charge in [0.1, 0.15) is 5.15 Å². The number of pyridine rings is 1. The van der Waals surface area contributed by atoms with Gasteiger partial charge >= 0.3 is 0 Å². The van der Waals surface area contributed by atoms with E-state index < -0.39 is 5.82 Å². The van der Waals surface area contributed by atoms with Gasteiger partial charge in [0.15, 0.2) is 11.0 Å². The summed E-state index contributed by atoms with van der Waals surface area (Å²) in [5.41, 5.74) is 0.665. The summed E-state index contributed by atoms with van der Waals surface area (Å²) in [5.74, 6) is -0.530. The van der Waals surface area contributed by atoms with Gasteiger partial charge in [0.2, 0.25) is 0 Å². The van der Waals surface area contributed by atoms with E-state index in [0.29, 0.717) is 12.0 Å². The van der Waals surface area contributed by atoms with E-state index in [1.807, 2.05) is 7.05 Å². The van der Waals surface area contributed by atoms with E-state index in [1.54, 1.807) is 0 Å². The summed E-state index contributed by atoms with van der Waals surface area (Å²) in [5, 5.41) is 3.02. The van der Waals surface area contributed by atoms with Gasteiger partial charge in [0.05, 0.1) is 0 Å². The number of rotatable bonds is 3. The number of nitrogens with zero attached hydrogens (tertiary/aromatic N) is 1. The molecule has 0 bridgehead atoms. The summed E-state index contributed by atoms with van der Waals surface area (Å²) in [6.07, 6.45) is 0.635. The number of halogens is 3. The minimum atomic E-state index is -0.530. The summed E-state index contributed by atoms with van der Waals surface area (Å²) >= 11 is 11.2. The molecule has 1 heterocycles. The summed E-state index contributed by atoms with van der Waals surface area (Å²) in [6, 6.07) is 1.31. The first-order chi connectivity index (χ1) is 6.15. The minimum absolute atomic E-state index is 0.182. The van der Waals surface area contributed by atoms with Crippen molar-refractivity contribution in [1.29, 1.82) is 0 Å². The van der Waals surface area contributed by atoms with Crippen LogP contribution in [0.4, 0.5) is 4.39 Å². The zero-order chi connectivity index (χ0) is 9.84. The molecule has 0 aliphatic heterocycles. The van der Waals surface area contributed by atoms with E-state index in [0.717, 1.165) is 6.54 Å². The summed E-state index contributed by atoms with van der Waals surface area (Å²) in [6.45, 7) is 0.725. The fourth-order valence-electron chi connectivity index (χ4n) is 0.918. The maximum absolute atomic E-state index is 12.9. The van der Waals surface area contributed by atoms with Crippen LogP contribution in [0, 0.1) is 5.82 Å². The maximum atomic E-state index is 12.9. The Morgan fingerprint density at radius 1 is 1.46 bits per heavy atom. The lowest BCUT2D eigenvalue weighted by atomic mass is 10.2. The molecule has 1 rings (SSSR count). The molecule has 0 saturated carbocycles. The molecule has 2 nitrogen and oxygen atoms in total. The zero-order valence-electron chi connectivity index (χ0n) is 7.07. The maximum Gasteiger partial charge on any atom is 0.166 e. The van der Waals surface area contributed by atoms with Crippen LogP contribution in [0.25, 0.3) is 0 Å². The van der Waals surface area contributed by atoms with Crippen molar-refractivity contribution in [3.8, 4) is 0 Å². The molecule has 0 atom stereocenters. The Morgan fingerprint density at radius 3 is 2.77 bits per heavy atom. The zero-order valence-corrected chi connectivity index (χ0v) is 8.58. The summed E-state index contributed by atoms with van der Waals surface area (Å²) < 4.78 is 12.9. The standard InChI is InChI=1S/C8H9Cl2FN2/c1-12-3-2-5-4-6(11)8(10)13-7(5)9/h4,12H,2-3H2,1H3. The monoisotopic (exact) mass is 222 g/mol. The molecule has 0 aliphatic rings. The molecule has 13 heavy (non-hydrogen) atoms. The largest absolute Gasteiger partial charge is 0.319 e. The molecule has 0 aromatic carbocycles. The van der Waals surface area contributed by atoms with E-state index in [-0.39, 0.29) is 10.3 Å². The third-order valence-corrected chi connectivity index (χ3v) is 2.20. The van der Waals surface area contributed by atoms with E-state index in [2.05, 4.69) is 10.3 Å². The van der Waals surface area contributed by atoms with Crippen molar-refractivity contribution in [3.05, 3.63) is 27.8 Å². The molecule has 0 spiro atoms. The second-order valence-electron chi connectivity index (χ2n) is 2.56.